The summed E-state index contributed by atoms with van der Waals surface area (Å²) in [7, 11) is 0. The lowest BCUT2D eigenvalue weighted by Gasteiger charge is -2.27. The number of piperazine rings is 1. The summed E-state index contributed by atoms with van der Waals surface area (Å²) in [6.07, 6.45) is 0. The molecule has 1 aromatic carbocycles. The first-order valence-corrected chi connectivity index (χ1v) is 7.38. The number of aromatic amines is 1. The first kappa shape index (κ1) is 14.0. The van der Waals surface area contributed by atoms with E-state index >= 15 is 0 Å². The minimum Gasteiger partial charge on any atom is -0.314 e. The molecule has 0 aliphatic carbocycles. The highest BCUT2D eigenvalue weighted by molar-refractivity contribution is 5.77. The maximum Gasteiger partial charge on any atom is 0.328 e. The zero-order valence-electron chi connectivity index (χ0n) is 12.2. The molecule has 0 saturated carbocycles. The smallest absolute Gasteiger partial charge is 0.314 e. The van der Waals surface area contributed by atoms with Crippen molar-refractivity contribution in [1.82, 2.24) is 19.8 Å². The van der Waals surface area contributed by atoms with Crippen LogP contribution >= 0.6 is 0 Å². The van der Waals surface area contributed by atoms with Gasteiger partial charge in [0.15, 0.2) is 0 Å². The molecule has 1 aromatic heterocycles. The first-order chi connectivity index (χ1) is 10.2. The van der Waals surface area contributed by atoms with E-state index in [-0.39, 0.29) is 11.2 Å². The SMILES string of the molecule is CCn1c(=O)[nH]c2cc(CN3CCNCC3)ccc2c1=O. The lowest BCUT2D eigenvalue weighted by Crippen LogP contribution is -2.42. The summed E-state index contributed by atoms with van der Waals surface area (Å²) in [6.45, 7) is 7.07. The van der Waals surface area contributed by atoms with Gasteiger partial charge in [-0.25, -0.2) is 4.79 Å². The van der Waals surface area contributed by atoms with Crippen LogP contribution in [0.15, 0.2) is 27.8 Å². The van der Waals surface area contributed by atoms with Crippen LogP contribution in [-0.2, 0) is 13.1 Å². The minimum absolute atomic E-state index is 0.218. The highest BCUT2D eigenvalue weighted by Gasteiger charge is 2.11. The molecule has 0 bridgehead atoms. The van der Waals surface area contributed by atoms with Crippen molar-refractivity contribution in [1.29, 1.82) is 0 Å². The van der Waals surface area contributed by atoms with Crippen molar-refractivity contribution >= 4 is 10.9 Å². The predicted molar refractivity (Wildman–Crippen MR) is 82.6 cm³/mol. The zero-order chi connectivity index (χ0) is 14.8. The van der Waals surface area contributed by atoms with Gasteiger partial charge in [-0.2, -0.15) is 0 Å². The monoisotopic (exact) mass is 288 g/mol. The molecular weight excluding hydrogens is 268 g/mol. The van der Waals surface area contributed by atoms with Gasteiger partial charge in [0, 0.05) is 39.3 Å². The molecule has 3 rings (SSSR count). The molecule has 0 unspecified atom stereocenters. The van der Waals surface area contributed by atoms with Gasteiger partial charge in [0.05, 0.1) is 10.9 Å². The van der Waals surface area contributed by atoms with Gasteiger partial charge in [0.2, 0.25) is 0 Å². The lowest BCUT2D eigenvalue weighted by atomic mass is 10.1. The van der Waals surface area contributed by atoms with Crippen LogP contribution in [0.25, 0.3) is 10.9 Å². The van der Waals surface area contributed by atoms with Crippen molar-refractivity contribution in [2.75, 3.05) is 26.2 Å². The van der Waals surface area contributed by atoms with Crippen LogP contribution in [0.5, 0.6) is 0 Å². The van der Waals surface area contributed by atoms with E-state index in [0.717, 1.165) is 38.3 Å². The number of H-pyrrole nitrogens is 1. The number of rotatable bonds is 3. The summed E-state index contributed by atoms with van der Waals surface area (Å²) in [5, 5.41) is 3.89. The van der Waals surface area contributed by atoms with E-state index in [1.54, 1.807) is 6.92 Å². The largest absolute Gasteiger partial charge is 0.328 e. The highest BCUT2D eigenvalue weighted by atomic mass is 16.2. The number of fused-ring (bicyclic) bond motifs is 1. The molecule has 2 aromatic rings. The van der Waals surface area contributed by atoms with Crippen LogP contribution in [0.3, 0.4) is 0 Å². The number of hydrogen-bond acceptors (Lipinski definition) is 4. The topological polar surface area (TPSA) is 70.1 Å². The molecule has 6 heteroatoms. The van der Waals surface area contributed by atoms with E-state index in [1.807, 2.05) is 18.2 Å². The maximum absolute atomic E-state index is 12.2. The molecule has 6 nitrogen and oxygen atoms in total. The molecule has 0 atom stereocenters. The fourth-order valence-electron chi connectivity index (χ4n) is 2.81. The summed E-state index contributed by atoms with van der Waals surface area (Å²) >= 11 is 0. The Bertz CT molecular complexity index is 756. The fraction of sp³-hybridized carbons (Fsp3) is 0.467. The number of benzene rings is 1. The standard InChI is InChI=1S/C15H20N4O2/c1-2-19-14(20)12-4-3-11(9-13(12)17-15(19)21)10-18-7-5-16-6-8-18/h3-4,9,16H,2,5-8,10H2,1H3,(H,17,21). The van der Waals surface area contributed by atoms with Crippen molar-refractivity contribution in [3.63, 3.8) is 0 Å². The van der Waals surface area contributed by atoms with Gasteiger partial charge in [-0.3, -0.25) is 14.3 Å². The van der Waals surface area contributed by atoms with E-state index in [9.17, 15) is 9.59 Å². The molecule has 0 amide bonds. The van der Waals surface area contributed by atoms with Crippen molar-refractivity contribution in [3.05, 3.63) is 44.6 Å². The third-order valence-electron chi connectivity index (χ3n) is 3.98. The van der Waals surface area contributed by atoms with E-state index < -0.39 is 0 Å². The summed E-state index contributed by atoms with van der Waals surface area (Å²) < 4.78 is 1.22. The normalized spacial score (nSPS) is 16.4. The van der Waals surface area contributed by atoms with Crippen molar-refractivity contribution in [2.45, 2.75) is 20.0 Å². The van der Waals surface area contributed by atoms with Crippen LogP contribution in [0.4, 0.5) is 0 Å². The summed E-state index contributed by atoms with van der Waals surface area (Å²) in [5.74, 6) is 0. The van der Waals surface area contributed by atoms with Gasteiger partial charge >= 0.3 is 5.69 Å². The molecule has 1 aliphatic heterocycles. The molecule has 1 fully saturated rings. The third-order valence-corrected chi connectivity index (χ3v) is 3.98. The van der Waals surface area contributed by atoms with Crippen molar-refractivity contribution < 1.29 is 0 Å². The van der Waals surface area contributed by atoms with E-state index in [2.05, 4.69) is 15.2 Å². The predicted octanol–water partition coefficient (Wildman–Crippen LogP) is 0.115. The maximum atomic E-state index is 12.2. The van der Waals surface area contributed by atoms with Gasteiger partial charge in [-0.05, 0) is 24.6 Å². The molecule has 2 N–H and O–H groups in total. The molecular formula is C15H20N4O2. The second kappa shape index (κ2) is 5.83. The van der Waals surface area contributed by atoms with Gasteiger partial charge in [0.25, 0.3) is 5.56 Å². The Morgan fingerprint density at radius 1 is 1.19 bits per heavy atom. The summed E-state index contributed by atoms with van der Waals surface area (Å²) in [4.78, 5) is 29.2. The molecule has 0 spiro atoms. The number of hydrogen-bond donors (Lipinski definition) is 2. The zero-order valence-corrected chi connectivity index (χ0v) is 12.2. The second-order valence-corrected chi connectivity index (χ2v) is 5.39. The Balaban J connectivity index is 1.96. The average Bonchev–Trinajstić information content (AvgIpc) is 2.48. The summed E-state index contributed by atoms with van der Waals surface area (Å²) in [5.41, 5.74) is 1.19. The molecule has 21 heavy (non-hydrogen) atoms. The molecule has 2 heterocycles. The molecule has 1 saturated heterocycles. The van der Waals surface area contributed by atoms with E-state index in [4.69, 9.17) is 0 Å². The lowest BCUT2D eigenvalue weighted by molar-refractivity contribution is 0.233. The van der Waals surface area contributed by atoms with Crippen LogP contribution in [0.1, 0.15) is 12.5 Å². The van der Waals surface area contributed by atoms with Crippen molar-refractivity contribution in [3.8, 4) is 0 Å². The quantitative estimate of drug-likeness (QED) is 0.841. The Kier molecular flexibility index (Phi) is 3.90. The van der Waals surface area contributed by atoms with Gasteiger partial charge in [-0.1, -0.05) is 6.07 Å². The van der Waals surface area contributed by atoms with Crippen molar-refractivity contribution in [2.24, 2.45) is 0 Å². The van der Waals surface area contributed by atoms with Crippen LogP contribution in [0, 0.1) is 0 Å². The number of aromatic nitrogens is 2. The minimum atomic E-state index is -0.339. The highest BCUT2D eigenvalue weighted by Crippen LogP contribution is 2.12. The Morgan fingerprint density at radius 2 is 1.95 bits per heavy atom. The fourth-order valence-corrected chi connectivity index (χ4v) is 2.81. The number of nitrogens with zero attached hydrogens (tertiary/aromatic N) is 2. The Morgan fingerprint density at radius 3 is 2.67 bits per heavy atom. The van der Waals surface area contributed by atoms with Crippen LogP contribution in [0.2, 0.25) is 0 Å². The molecule has 1 aliphatic rings. The summed E-state index contributed by atoms with van der Waals surface area (Å²) in [6, 6.07) is 5.71. The molecule has 0 radical (unpaired) electrons. The van der Waals surface area contributed by atoms with Crippen LogP contribution in [-0.4, -0.2) is 40.6 Å². The molecule has 112 valence electrons. The van der Waals surface area contributed by atoms with Gasteiger partial charge in [-0.15, -0.1) is 0 Å². The first-order valence-electron chi connectivity index (χ1n) is 7.38. The second-order valence-electron chi connectivity index (χ2n) is 5.39. The Labute approximate surface area is 122 Å². The van der Waals surface area contributed by atoms with Gasteiger partial charge < -0.3 is 10.3 Å². The third kappa shape index (κ3) is 2.77. The van der Waals surface area contributed by atoms with E-state index in [1.165, 1.54) is 4.57 Å². The van der Waals surface area contributed by atoms with Gasteiger partial charge in [0.1, 0.15) is 0 Å². The average molecular weight is 288 g/mol. The number of nitrogens with one attached hydrogen (secondary N) is 2. The van der Waals surface area contributed by atoms with Crippen LogP contribution < -0.4 is 16.6 Å². The van der Waals surface area contributed by atoms with E-state index in [0.29, 0.717) is 17.4 Å². The Hall–Kier alpha value is -1.92.